The number of likely N-dealkylation sites (N-methyl/N-ethyl adjacent to an activating group) is 1. The lowest BCUT2D eigenvalue weighted by atomic mass is 9.90. The van der Waals surface area contributed by atoms with Gasteiger partial charge in [-0.15, -0.1) is 0 Å². The highest BCUT2D eigenvalue weighted by Crippen LogP contribution is 2.21. The predicted molar refractivity (Wildman–Crippen MR) is 73.0 cm³/mol. The Balaban J connectivity index is 1.82. The van der Waals surface area contributed by atoms with Gasteiger partial charge in [0.15, 0.2) is 0 Å². The summed E-state index contributed by atoms with van der Waals surface area (Å²) in [7, 11) is 2.22. The lowest BCUT2D eigenvalue weighted by molar-refractivity contribution is 0.171. The Morgan fingerprint density at radius 3 is 2.59 bits per heavy atom. The van der Waals surface area contributed by atoms with E-state index in [1.54, 1.807) is 0 Å². The van der Waals surface area contributed by atoms with Gasteiger partial charge in [-0.3, -0.25) is 0 Å². The van der Waals surface area contributed by atoms with Gasteiger partial charge in [-0.05, 0) is 31.9 Å². The van der Waals surface area contributed by atoms with Crippen LogP contribution in [0.5, 0.6) is 0 Å². The van der Waals surface area contributed by atoms with E-state index in [2.05, 4.69) is 42.3 Å². The first-order valence-electron chi connectivity index (χ1n) is 6.77. The molecule has 0 aromatic heterocycles. The molecule has 1 aromatic carbocycles. The molecule has 0 unspecified atom stereocenters. The van der Waals surface area contributed by atoms with Gasteiger partial charge < -0.3 is 10.6 Å². The van der Waals surface area contributed by atoms with Gasteiger partial charge >= 0.3 is 0 Å². The molecule has 17 heavy (non-hydrogen) atoms. The van der Waals surface area contributed by atoms with E-state index in [0.717, 1.165) is 13.0 Å². The van der Waals surface area contributed by atoms with E-state index in [4.69, 9.17) is 5.73 Å². The maximum atomic E-state index is 6.21. The van der Waals surface area contributed by atoms with Crippen molar-refractivity contribution in [1.82, 2.24) is 4.90 Å². The number of hydrogen-bond donors (Lipinski definition) is 1. The van der Waals surface area contributed by atoms with Crippen molar-refractivity contribution < 1.29 is 0 Å². The molecule has 0 saturated heterocycles. The predicted octanol–water partition coefficient (Wildman–Crippen LogP) is 2.43. The van der Waals surface area contributed by atoms with Crippen molar-refractivity contribution in [3.8, 4) is 0 Å². The first-order valence-corrected chi connectivity index (χ1v) is 6.77. The summed E-state index contributed by atoms with van der Waals surface area (Å²) in [4.78, 5) is 2.46. The van der Waals surface area contributed by atoms with Gasteiger partial charge in [0.05, 0.1) is 0 Å². The largest absolute Gasteiger partial charge is 0.326 e. The standard InChI is InChI=1S/C15H24N2/c1-17(15-10-6-5-9-14(15)16)12-11-13-7-3-2-4-8-13/h2-4,7-8,14-15H,5-6,9-12,16H2,1H3/t14-,15-/m1/s1. The molecule has 2 nitrogen and oxygen atoms in total. The monoisotopic (exact) mass is 232 g/mol. The molecular formula is C15H24N2. The minimum Gasteiger partial charge on any atom is -0.326 e. The summed E-state index contributed by atoms with van der Waals surface area (Å²) in [5.41, 5.74) is 7.63. The van der Waals surface area contributed by atoms with Gasteiger partial charge in [-0.1, -0.05) is 43.2 Å². The fourth-order valence-corrected chi connectivity index (χ4v) is 2.80. The molecule has 0 radical (unpaired) electrons. The molecule has 1 saturated carbocycles. The number of rotatable bonds is 4. The van der Waals surface area contributed by atoms with E-state index < -0.39 is 0 Å². The Kier molecular flexibility index (Phi) is 4.57. The topological polar surface area (TPSA) is 29.3 Å². The molecule has 2 atom stereocenters. The van der Waals surface area contributed by atoms with E-state index in [1.807, 2.05) is 0 Å². The van der Waals surface area contributed by atoms with Crippen molar-refractivity contribution in [3.63, 3.8) is 0 Å². The Morgan fingerprint density at radius 2 is 1.88 bits per heavy atom. The van der Waals surface area contributed by atoms with E-state index in [0.29, 0.717) is 12.1 Å². The zero-order chi connectivity index (χ0) is 12.1. The molecule has 1 aromatic rings. The Bertz CT molecular complexity index is 323. The maximum absolute atomic E-state index is 6.21. The van der Waals surface area contributed by atoms with E-state index >= 15 is 0 Å². The molecule has 2 N–H and O–H groups in total. The van der Waals surface area contributed by atoms with Crippen LogP contribution in [0.3, 0.4) is 0 Å². The number of nitrogens with zero attached hydrogens (tertiary/aromatic N) is 1. The molecule has 1 fully saturated rings. The average molecular weight is 232 g/mol. The third-order valence-corrected chi connectivity index (χ3v) is 3.94. The Hall–Kier alpha value is -0.860. The molecule has 0 heterocycles. The maximum Gasteiger partial charge on any atom is 0.0244 e. The quantitative estimate of drug-likeness (QED) is 0.864. The molecule has 2 heteroatoms. The van der Waals surface area contributed by atoms with Crippen molar-refractivity contribution in [2.24, 2.45) is 5.73 Å². The van der Waals surface area contributed by atoms with Crippen molar-refractivity contribution in [2.45, 2.75) is 44.2 Å². The number of hydrogen-bond acceptors (Lipinski definition) is 2. The fraction of sp³-hybridized carbons (Fsp3) is 0.600. The minimum atomic E-state index is 0.379. The van der Waals surface area contributed by atoms with Crippen LogP contribution in [0, 0.1) is 0 Å². The Morgan fingerprint density at radius 1 is 1.18 bits per heavy atom. The summed E-state index contributed by atoms with van der Waals surface area (Å²) in [6.07, 6.45) is 6.24. The lowest BCUT2D eigenvalue weighted by Crippen LogP contribution is -2.48. The van der Waals surface area contributed by atoms with E-state index in [-0.39, 0.29) is 0 Å². The summed E-state index contributed by atoms with van der Waals surface area (Å²) in [6.45, 7) is 1.11. The zero-order valence-corrected chi connectivity index (χ0v) is 10.8. The van der Waals surface area contributed by atoms with Crippen LogP contribution in [-0.4, -0.2) is 30.6 Å². The molecular weight excluding hydrogens is 208 g/mol. The Labute approximate surface area is 105 Å². The van der Waals surface area contributed by atoms with Crippen LogP contribution >= 0.6 is 0 Å². The first-order chi connectivity index (χ1) is 8.27. The molecule has 0 aliphatic heterocycles. The van der Waals surface area contributed by atoms with Crippen LogP contribution in [-0.2, 0) is 6.42 Å². The van der Waals surface area contributed by atoms with Crippen molar-refractivity contribution in [2.75, 3.05) is 13.6 Å². The van der Waals surface area contributed by atoms with Crippen molar-refractivity contribution in [3.05, 3.63) is 35.9 Å². The van der Waals surface area contributed by atoms with Gasteiger partial charge in [0.1, 0.15) is 0 Å². The van der Waals surface area contributed by atoms with E-state index in [1.165, 1.54) is 31.2 Å². The highest BCUT2D eigenvalue weighted by atomic mass is 15.1. The second-order valence-electron chi connectivity index (χ2n) is 5.23. The van der Waals surface area contributed by atoms with Crippen LogP contribution in [0.25, 0.3) is 0 Å². The van der Waals surface area contributed by atoms with Gasteiger partial charge in [-0.2, -0.15) is 0 Å². The zero-order valence-electron chi connectivity index (χ0n) is 10.8. The molecule has 94 valence electrons. The van der Waals surface area contributed by atoms with Crippen LogP contribution in [0.2, 0.25) is 0 Å². The number of benzene rings is 1. The summed E-state index contributed by atoms with van der Waals surface area (Å²) in [5.74, 6) is 0. The van der Waals surface area contributed by atoms with Crippen molar-refractivity contribution in [1.29, 1.82) is 0 Å². The van der Waals surface area contributed by atoms with Gasteiger partial charge in [0.2, 0.25) is 0 Å². The second kappa shape index (κ2) is 6.18. The minimum absolute atomic E-state index is 0.379. The van der Waals surface area contributed by atoms with Gasteiger partial charge in [0.25, 0.3) is 0 Å². The SMILES string of the molecule is CN(CCc1ccccc1)[C@@H]1CCCC[C@H]1N. The summed E-state index contributed by atoms with van der Waals surface area (Å²) in [5, 5.41) is 0. The van der Waals surface area contributed by atoms with Crippen molar-refractivity contribution >= 4 is 0 Å². The van der Waals surface area contributed by atoms with Gasteiger partial charge in [0, 0.05) is 18.6 Å². The summed E-state index contributed by atoms with van der Waals surface area (Å²) < 4.78 is 0. The fourth-order valence-electron chi connectivity index (χ4n) is 2.80. The summed E-state index contributed by atoms with van der Waals surface area (Å²) >= 11 is 0. The molecule has 0 amide bonds. The van der Waals surface area contributed by atoms with E-state index in [9.17, 15) is 0 Å². The van der Waals surface area contributed by atoms with Gasteiger partial charge in [-0.25, -0.2) is 0 Å². The molecule has 1 aliphatic carbocycles. The average Bonchev–Trinajstić information content (AvgIpc) is 2.38. The third-order valence-electron chi connectivity index (χ3n) is 3.94. The number of nitrogens with two attached hydrogens (primary N) is 1. The van der Waals surface area contributed by atoms with Crippen LogP contribution in [0.15, 0.2) is 30.3 Å². The highest BCUT2D eigenvalue weighted by Gasteiger charge is 2.24. The first kappa shape index (κ1) is 12.6. The molecule has 0 spiro atoms. The smallest absolute Gasteiger partial charge is 0.0244 e. The normalized spacial score (nSPS) is 25.1. The molecule has 0 bridgehead atoms. The van der Waals surface area contributed by atoms with Crippen LogP contribution < -0.4 is 5.73 Å². The lowest BCUT2D eigenvalue weighted by Gasteiger charge is -2.36. The molecule has 1 aliphatic rings. The summed E-state index contributed by atoms with van der Waals surface area (Å²) in [6, 6.07) is 11.7. The highest BCUT2D eigenvalue weighted by molar-refractivity contribution is 5.14. The third kappa shape index (κ3) is 3.55. The second-order valence-corrected chi connectivity index (χ2v) is 5.23. The van der Waals surface area contributed by atoms with Crippen LogP contribution in [0.1, 0.15) is 31.2 Å². The molecule has 2 rings (SSSR count). The van der Waals surface area contributed by atoms with Crippen LogP contribution in [0.4, 0.5) is 0 Å².